The van der Waals surface area contributed by atoms with Gasteiger partial charge in [-0.2, -0.15) is 13.2 Å². The van der Waals surface area contributed by atoms with E-state index < -0.39 is 11.7 Å². The van der Waals surface area contributed by atoms with Crippen molar-refractivity contribution in [2.24, 2.45) is 0 Å². The highest BCUT2D eigenvalue weighted by molar-refractivity contribution is 5.71. The highest BCUT2D eigenvalue weighted by Gasteiger charge is 2.35. The van der Waals surface area contributed by atoms with Gasteiger partial charge in [0.2, 0.25) is 0 Å². The Bertz CT molecular complexity index is 786. The van der Waals surface area contributed by atoms with Gasteiger partial charge in [-0.15, -0.1) is 0 Å². The molecule has 148 valence electrons. The molecule has 1 N–H and O–H groups in total. The van der Waals surface area contributed by atoms with E-state index in [1.165, 1.54) is 6.07 Å². The molecule has 2 rings (SSSR count). The van der Waals surface area contributed by atoms with E-state index in [2.05, 4.69) is 22.2 Å². The molecule has 0 fully saturated rings. The Morgan fingerprint density at radius 2 is 1.74 bits per heavy atom. The van der Waals surface area contributed by atoms with Crippen LogP contribution in [0.25, 0.3) is 11.3 Å². The minimum Gasteiger partial charge on any atom is -0.378 e. The lowest BCUT2D eigenvalue weighted by molar-refractivity contribution is -0.137. The second kappa shape index (κ2) is 8.59. The molecule has 0 amide bonds. The molecule has 0 bridgehead atoms. The molecule has 1 aromatic heterocycles. The number of benzene rings is 1. The van der Waals surface area contributed by atoms with Crippen LogP contribution in [-0.2, 0) is 6.18 Å². The first-order chi connectivity index (χ1) is 12.6. The molecule has 0 saturated carbocycles. The molecule has 4 nitrogen and oxygen atoms in total. The van der Waals surface area contributed by atoms with Crippen molar-refractivity contribution in [3.63, 3.8) is 0 Å². The largest absolute Gasteiger partial charge is 0.417 e. The molecule has 1 aromatic carbocycles. The summed E-state index contributed by atoms with van der Waals surface area (Å²) in [6, 6.07) is 4.30. The minimum absolute atomic E-state index is 0.0544. The first-order valence-corrected chi connectivity index (χ1v) is 9.13. The Morgan fingerprint density at radius 3 is 2.33 bits per heavy atom. The predicted molar refractivity (Wildman–Crippen MR) is 104 cm³/mol. The summed E-state index contributed by atoms with van der Waals surface area (Å²) in [7, 11) is 3.42. The van der Waals surface area contributed by atoms with Crippen molar-refractivity contribution in [2.45, 2.75) is 46.2 Å². The molecule has 0 aliphatic rings. The van der Waals surface area contributed by atoms with E-state index in [4.69, 9.17) is 0 Å². The van der Waals surface area contributed by atoms with Crippen LogP contribution in [0.4, 0.5) is 24.7 Å². The maximum Gasteiger partial charge on any atom is 0.417 e. The second-order valence-electron chi connectivity index (χ2n) is 6.85. The first-order valence-electron chi connectivity index (χ1n) is 9.13. The Balaban J connectivity index is 2.44. The Kier molecular flexibility index (Phi) is 6.68. The Labute approximate surface area is 158 Å². The zero-order chi connectivity index (χ0) is 20.2. The van der Waals surface area contributed by atoms with Gasteiger partial charge < -0.3 is 10.2 Å². The molecule has 1 heterocycles. The van der Waals surface area contributed by atoms with Crippen molar-refractivity contribution >= 4 is 11.5 Å². The van der Waals surface area contributed by atoms with Crippen LogP contribution < -0.4 is 10.2 Å². The van der Waals surface area contributed by atoms with Gasteiger partial charge in [-0.25, -0.2) is 9.97 Å². The number of hydrogen-bond donors (Lipinski definition) is 1. The number of hydrogen-bond acceptors (Lipinski definition) is 4. The maximum absolute atomic E-state index is 13.6. The summed E-state index contributed by atoms with van der Waals surface area (Å²) in [5, 5.41) is 3.23. The van der Waals surface area contributed by atoms with E-state index in [9.17, 15) is 13.2 Å². The zero-order valence-corrected chi connectivity index (χ0v) is 16.5. The smallest absolute Gasteiger partial charge is 0.378 e. The SMILES string of the molecule is CCCCCNc1nc(C)c(-c2ccc(N(C)C)cc2C(F)(F)F)nc1C. The number of nitrogens with one attached hydrogen (secondary N) is 1. The van der Waals surface area contributed by atoms with Crippen molar-refractivity contribution in [2.75, 3.05) is 30.9 Å². The van der Waals surface area contributed by atoms with E-state index >= 15 is 0 Å². The number of unbranched alkanes of at least 4 members (excludes halogenated alkanes) is 2. The lowest BCUT2D eigenvalue weighted by Gasteiger charge is -2.19. The molecular weight excluding hydrogens is 353 g/mol. The van der Waals surface area contributed by atoms with E-state index in [0.717, 1.165) is 31.9 Å². The van der Waals surface area contributed by atoms with Crippen LogP contribution in [0, 0.1) is 13.8 Å². The van der Waals surface area contributed by atoms with Crippen LogP contribution in [0.1, 0.15) is 43.1 Å². The summed E-state index contributed by atoms with van der Waals surface area (Å²) in [6.07, 6.45) is -1.22. The molecule has 0 unspecified atom stereocenters. The van der Waals surface area contributed by atoms with Gasteiger partial charge in [0.05, 0.1) is 22.6 Å². The fraction of sp³-hybridized carbons (Fsp3) is 0.500. The van der Waals surface area contributed by atoms with Crippen LogP contribution in [0.5, 0.6) is 0 Å². The molecule has 0 spiro atoms. The standard InChI is InChI=1S/C20H27F3N4/c1-6-7-8-11-24-19-14(3)25-18(13(2)26-19)16-10-9-15(27(4)5)12-17(16)20(21,22)23/h9-10,12H,6-8,11H2,1-5H3,(H,24,26). The average Bonchev–Trinajstić information content (AvgIpc) is 2.60. The van der Waals surface area contributed by atoms with E-state index in [0.29, 0.717) is 22.9 Å². The molecule has 0 saturated heterocycles. The van der Waals surface area contributed by atoms with E-state index in [-0.39, 0.29) is 11.3 Å². The summed E-state index contributed by atoms with van der Waals surface area (Å²) in [4.78, 5) is 10.6. The molecule has 0 atom stereocenters. The van der Waals surface area contributed by atoms with Crippen molar-refractivity contribution in [1.29, 1.82) is 0 Å². The molecule has 0 aliphatic carbocycles. The molecule has 2 aromatic rings. The highest BCUT2D eigenvalue weighted by Crippen LogP contribution is 2.39. The predicted octanol–water partition coefficient (Wildman–Crippen LogP) is 5.45. The van der Waals surface area contributed by atoms with Gasteiger partial charge in [0.15, 0.2) is 0 Å². The van der Waals surface area contributed by atoms with Crippen LogP contribution in [-0.4, -0.2) is 30.6 Å². The van der Waals surface area contributed by atoms with Crippen molar-refractivity contribution in [1.82, 2.24) is 9.97 Å². The van der Waals surface area contributed by atoms with E-state index in [1.54, 1.807) is 38.9 Å². The monoisotopic (exact) mass is 380 g/mol. The van der Waals surface area contributed by atoms with Gasteiger partial charge in [-0.1, -0.05) is 25.8 Å². The van der Waals surface area contributed by atoms with E-state index in [1.807, 2.05) is 0 Å². The summed E-state index contributed by atoms with van der Waals surface area (Å²) < 4.78 is 40.9. The van der Waals surface area contributed by atoms with Crippen molar-refractivity contribution in [3.05, 3.63) is 35.2 Å². The molecule has 0 aliphatic heterocycles. The zero-order valence-electron chi connectivity index (χ0n) is 16.5. The summed E-state index contributed by atoms with van der Waals surface area (Å²) in [6.45, 7) is 6.36. The van der Waals surface area contributed by atoms with Gasteiger partial charge in [0.1, 0.15) is 5.82 Å². The second-order valence-corrected chi connectivity index (χ2v) is 6.85. The molecule has 7 heteroatoms. The number of aromatic nitrogens is 2. The van der Waals surface area contributed by atoms with Crippen LogP contribution in [0.15, 0.2) is 18.2 Å². The maximum atomic E-state index is 13.6. The topological polar surface area (TPSA) is 41.1 Å². The fourth-order valence-corrected chi connectivity index (χ4v) is 2.86. The Hall–Kier alpha value is -2.31. The van der Waals surface area contributed by atoms with Gasteiger partial charge >= 0.3 is 6.18 Å². The summed E-state index contributed by atoms with van der Waals surface area (Å²) in [5.41, 5.74) is 1.18. The molecule has 0 radical (unpaired) electrons. The molecular formula is C20H27F3N4. The number of rotatable bonds is 7. The van der Waals surface area contributed by atoms with Crippen molar-refractivity contribution in [3.8, 4) is 11.3 Å². The lowest BCUT2D eigenvalue weighted by atomic mass is 10.0. The number of anilines is 2. The number of alkyl halides is 3. The fourth-order valence-electron chi connectivity index (χ4n) is 2.86. The number of nitrogens with zero attached hydrogens (tertiary/aromatic N) is 3. The lowest BCUT2D eigenvalue weighted by Crippen LogP contribution is -2.14. The van der Waals surface area contributed by atoms with Gasteiger partial charge in [0, 0.05) is 31.9 Å². The third kappa shape index (κ3) is 5.11. The Morgan fingerprint density at radius 1 is 1.04 bits per heavy atom. The van der Waals surface area contributed by atoms with Crippen molar-refractivity contribution < 1.29 is 13.2 Å². The quantitative estimate of drug-likeness (QED) is 0.649. The normalized spacial score (nSPS) is 11.6. The third-order valence-electron chi connectivity index (χ3n) is 4.40. The first kappa shape index (κ1) is 21.0. The van der Waals surface area contributed by atoms with Crippen LogP contribution >= 0.6 is 0 Å². The summed E-state index contributed by atoms with van der Waals surface area (Å²) in [5.74, 6) is 0.630. The van der Waals surface area contributed by atoms with Gasteiger partial charge in [-0.05, 0) is 32.4 Å². The summed E-state index contributed by atoms with van der Waals surface area (Å²) >= 11 is 0. The molecule has 27 heavy (non-hydrogen) atoms. The van der Waals surface area contributed by atoms with Gasteiger partial charge in [0.25, 0.3) is 0 Å². The third-order valence-corrected chi connectivity index (χ3v) is 4.40. The van der Waals surface area contributed by atoms with Crippen LogP contribution in [0.3, 0.4) is 0 Å². The average molecular weight is 380 g/mol. The van der Waals surface area contributed by atoms with Gasteiger partial charge in [-0.3, -0.25) is 0 Å². The highest BCUT2D eigenvalue weighted by atomic mass is 19.4. The number of halogens is 3. The minimum atomic E-state index is -4.47. The van der Waals surface area contributed by atoms with Crippen LogP contribution in [0.2, 0.25) is 0 Å². The number of aryl methyl sites for hydroxylation is 2.